The Bertz CT molecular complexity index is 1250. The first kappa shape index (κ1) is 23.4. The summed E-state index contributed by atoms with van der Waals surface area (Å²) >= 11 is 2.97. The van der Waals surface area contributed by atoms with E-state index in [1.807, 2.05) is 36.1 Å². The molecular weight excluding hydrogens is 470 g/mol. The Hall–Kier alpha value is -2.36. The Labute approximate surface area is 207 Å². The second kappa shape index (κ2) is 10.1. The first-order valence-corrected chi connectivity index (χ1v) is 13.6. The average molecular weight is 500 g/mol. The van der Waals surface area contributed by atoms with Crippen molar-refractivity contribution in [2.75, 3.05) is 32.6 Å². The number of carbonyl (C=O) groups excluding carboxylic acids is 1. The zero-order valence-corrected chi connectivity index (χ0v) is 21.2. The van der Waals surface area contributed by atoms with Crippen LogP contribution < -0.4 is 10.3 Å². The monoisotopic (exact) mass is 499 g/mol. The predicted molar refractivity (Wildman–Crippen MR) is 136 cm³/mol. The number of thiophene rings is 1. The number of methoxy groups -OCH3 is 1. The Morgan fingerprint density at radius 2 is 2.03 bits per heavy atom. The standard InChI is InChI=1S/C25H29N3O4S2/c1-16-14-27(12-13-32-16)21(29)15-33-25-26-23-22(19-6-4-3-5-7-20(19)34-23)24(30)28(25)17-8-10-18(31-2)11-9-17/h8-11,16H,3-7,12-15H2,1-2H3. The van der Waals surface area contributed by atoms with Crippen LogP contribution in [0.5, 0.6) is 5.75 Å². The Balaban J connectivity index is 1.55. The minimum absolute atomic E-state index is 0.0381. The summed E-state index contributed by atoms with van der Waals surface area (Å²) in [6.45, 7) is 3.72. The number of amides is 1. The molecule has 2 aromatic heterocycles. The lowest BCUT2D eigenvalue weighted by atomic mass is 10.1. The second-order valence-electron chi connectivity index (χ2n) is 8.79. The van der Waals surface area contributed by atoms with Gasteiger partial charge in [0.2, 0.25) is 5.91 Å². The number of morpholine rings is 1. The zero-order chi connectivity index (χ0) is 23.7. The number of thioether (sulfide) groups is 1. The maximum Gasteiger partial charge on any atom is 0.267 e. The van der Waals surface area contributed by atoms with Crippen molar-refractivity contribution in [3.63, 3.8) is 0 Å². The van der Waals surface area contributed by atoms with Crippen molar-refractivity contribution in [2.24, 2.45) is 0 Å². The van der Waals surface area contributed by atoms with Crippen LogP contribution >= 0.6 is 23.1 Å². The summed E-state index contributed by atoms with van der Waals surface area (Å²) in [6, 6.07) is 7.42. The van der Waals surface area contributed by atoms with Crippen LogP contribution in [0, 0.1) is 0 Å². The molecule has 1 aliphatic carbocycles. The van der Waals surface area contributed by atoms with Gasteiger partial charge in [-0.1, -0.05) is 18.2 Å². The van der Waals surface area contributed by atoms with Crippen LogP contribution in [-0.4, -0.2) is 59.0 Å². The van der Waals surface area contributed by atoms with Gasteiger partial charge < -0.3 is 14.4 Å². The SMILES string of the molecule is COc1ccc(-n2c(SCC(=O)N3CCOC(C)C3)nc3sc4c(c3c2=O)CCCCC4)cc1. The summed E-state index contributed by atoms with van der Waals surface area (Å²) in [4.78, 5) is 35.7. The summed E-state index contributed by atoms with van der Waals surface area (Å²) in [6.07, 6.45) is 5.42. The molecule has 0 bridgehead atoms. The minimum Gasteiger partial charge on any atom is -0.497 e. The fourth-order valence-corrected chi connectivity index (χ4v) is 6.90. The second-order valence-corrected chi connectivity index (χ2v) is 10.8. The number of aryl methyl sites for hydroxylation is 2. The van der Waals surface area contributed by atoms with Crippen LogP contribution in [0.1, 0.15) is 36.6 Å². The molecule has 5 rings (SSSR count). The number of carbonyl (C=O) groups is 1. The molecule has 0 saturated carbocycles. The smallest absolute Gasteiger partial charge is 0.267 e. The van der Waals surface area contributed by atoms with E-state index in [1.54, 1.807) is 23.0 Å². The van der Waals surface area contributed by atoms with E-state index in [0.717, 1.165) is 47.3 Å². The topological polar surface area (TPSA) is 73.7 Å². The molecule has 1 fully saturated rings. The van der Waals surface area contributed by atoms with E-state index >= 15 is 0 Å². The van der Waals surface area contributed by atoms with Gasteiger partial charge in [0.25, 0.3) is 5.56 Å². The quantitative estimate of drug-likeness (QED) is 0.299. The van der Waals surface area contributed by atoms with E-state index in [4.69, 9.17) is 14.5 Å². The number of rotatable bonds is 5. The normalized spacial score (nSPS) is 18.5. The fourth-order valence-electron chi connectivity index (χ4n) is 4.68. The minimum atomic E-state index is -0.0514. The summed E-state index contributed by atoms with van der Waals surface area (Å²) in [7, 11) is 1.62. The number of fused-ring (bicyclic) bond motifs is 3. The van der Waals surface area contributed by atoms with Gasteiger partial charge in [-0.2, -0.15) is 0 Å². The van der Waals surface area contributed by atoms with E-state index in [0.29, 0.717) is 24.9 Å². The fraction of sp³-hybridized carbons (Fsp3) is 0.480. The van der Waals surface area contributed by atoms with Gasteiger partial charge in [0.1, 0.15) is 10.6 Å². The largest absolute Gasteiger partial charge is 0.497 e. The van der Waals surface area contributed by atoms with Gasteiger partial charge in [0.05, 0.1) is 36.6 Å². The first-order chi connectivity index (χ1) is 16.5. The predicted octanol–water partition coefficient (Wildman–Crippen LogP) is 4.06. The maximum absolute atomic E-state index is 13.9. The molecule has 0 N–H and O–H groups in total. The van der Waals surface area contributed by atoms with Crippen LogP contribution in [0.25, 0.3) is 15.9 Å². The van der Waals surface area contributed by atoms with Crippen molar-refractivity contribution in [2.45, 2.75) is 50.3 Å². The molecule has 1 aromatic carbocycles. The molecule has 3 heterocycles. The molecule has 2 aliphatic rings. The van der Waals surface area contributed by atoms with Gasteiger partial charge >= 0.3 is 0 Å². The van der Waals surface area contributed by atoms with E-state index in [1.165, 1.54) is 28.6 Å². The number of hydrogen-bond acceptors (Lipinski definition) is 7. The van der Waals surface area contributed by atoms with E-state index in [9.17, 15) is 9.59 Å². The summed E-state index contributed by atoms with van der Waals surface area (Å²) in [5.41, 5.74) is 1.85. The molecule has 1 unspecified atom stereocenters. The molecule has 34 heavy (non-hydrogen) atoms. The number of aromatic nitrogens is 2. The highest BCUT2D eigenvalue weighted by Crippen LogP contribution is 2.35. The summed E-state index contributed by atoms with van der Waals surface area (Å²) < 4.78 is 12.5. The summed E-state index contributed by atoms with van der Waals surface area (Å²) in [5.74, 6) is 0.991. The third kappa shape index (κ3) is 4.61. The molecule has 1 aliphatic heterocycles. The Morgan fingerprint density at radius 1 is 1.24 bits per heavy atom. The van der Waals surface area contributed by atoms with E-state index < -0.39 is 0 Å². The molecule has 1 atom stereocenters. The molecule has 7 nitrogen and oxygen atoms in total. The van der Waals surface area contributed by atoms with Crippen molar-refractivity contribution in [3.05, 3.63) is 45.1 Å². The molecule has 1 saturated heterocycles. The number of ether oxygens (including phenoxy) is 2. The maximum atomic E-state index is 13.9. The third-order valence-corrected chi connectivity index (χ3v) is 8.57. The van der Waals surface area contributed by atoms with Crippen molar-refractivity contribution in [3.8, 4) is 11.4 Å². The van der Waals surface area contributed by atoms with E-state index in [-0.39, 0.29) is 23.3 Å². The van der Waals surface area contributed by atoms with Gasteiger partial charge in [-0.3, -0.25) is 14.2 Å². The van der Waals surface area contributed by atoms with Crippen molar-refractivity contribution < 1.29 is 14.3 Å². The van der Waals surface area contributed by atoms with Crippen LogP contribution in [0.2, 0.25) is 0 Å². The lowest BCUT2D eigenvalue weighted by molar-refractivity contribution is -0.135. The molecule has 1 amide bonds. The lowest BCUT2D eigenvalue weighted by Gasteiger charge is -2.31. The van der Waals surface area contributed by atoms with Crippen molar-refractivity contribution in [1.82, 2.24) is 14.5 Å². The first-order valence-electron chi connectivity index (χ1n) is 11.8. The number of benzene rings is 1. The van der Waals surface area contributed by atoms with Crippen LogP contribution in [-0.2, 0) is 22.4 Å². The molecule has 9 heteroatoms. The van der Waals surface area contributed by atoms with Crippen LogP contribution in [0.4, 0.5) is 0 Å². The highest BCUT2D eigenvalue weighted by molar-refractivity contribution is 7.99. The highest BCUT2D eigenvalue weighted by Gasteiger charge is 2.25. The van der Waals surface area contributed by atoms with E-state index in [2.05, 4.69) is 0 Å². The molecule has 0 radical (unpaired) electrons. The van der Waals surface area contributed by atoms with Crippen LogP contribution in [0.15, 0.2) is 34.2 Å². The van der Waals surface area contributed by atoms with Gasteiger partial charge in [-0.15, -0.1) is 11.3 Å². The van der Waals surface area contributed by atoms with Gasteiger partial charge in [-0.05, 0) is 62.4 Å². The van der Waals surface area contributed by atoms with Gasteiger partial charge in [0, 0.05) is 18.0 Å². The number of hydrogen-bond donors (Lipinski definition) is 0. The highest BCUT2D eigenvalue weighted by atomic mass is 32.2. The molecule has 0 spiro atoms. The van der Waals surface area contributed by atoms with Crippen LogP contribution in [0.3, 0.4) is 0 Å². The zero-order valence-electron chi connectivity index (χ0n) is 19.5. The van der Waals surface area contributed by atoms with Gasteiger partial charge in [0.15, 0.2) is 5.16 Å². The Morgan fingerprint density at radius 3 is 2.79 bits per heavy atom. The third-order valence-electron chi connectivity index (χ3n) is 6.46. The number of nitrogens with zero attached hydrogens (tertiary/aromatic N) is 3. The molecular formula is C25H29N3O4S2. The Kier molecular flexibility index (Phi) is 6.94. The lowest BCUT2D eigenvalue weighted by Crippen LogP contribution is -2.45. The average Bonchev–Trinajstić information content (AvgIpc) is 3.04. The molecule has 180 valence electrons. The van der Waals surface area contributed by atoms with Crippen molar-refractivity contribution in [1.29, 1.82) is 0 Å². The molecule has 3 aromatic rings. The summed E-state index contributed by atoms with van der Waals surface area (Å²) in [5, 5.41) is 1.30. The van der Waals surface area contributed by atoms with Gasteiger partial charge in [-0.25, -0.2) is 4.98 Å². The van der Waals surface area contributed by atoms with Crippen molar-refractivity contribution >= 4 is 39.2 Å².